The largest absolute Gasteiger partial charge is 0.490 e. The molecular weight excluding hydrogens is 469 g/mol. The number of para-hydroxylation sites is 1. The van der Waals surface area contributed by atoms with Gasteiger partial charge in [-0.3, -0.25) is 14.8 Å². The predicted molar refractivity (Wildman–Crippen MR) is 122 cm³/mol. The molecule has 1 atom stereocenters. The second-order valence-electron chi connectivity index (χ2n) is 6.22. The van der Waals surface area contributed by atoms with Crippen molar-refractivity contribution in [2.75, 3.05) is 31.6 Å². The Balaban J connectivity index is 0.00000280. The molecule has 2 aromatic rings. The lowest BCUT2D eigenvalue weighted by atomic mass is 9.91. The lowest BCUT2D eigenvalue weighted by molar-refractivity contribution is -0.116. The van der Waals surface area contributed by atoms with E-state index in [-0.39, 0.29) is 35.8 Å². The number of benzene rings is 1. The van der Waals surface area contributed by atoms with Crippen molar-refractivity contribution < 1.29 is 9.53 Å². The van der Waals surface area contributed by atoms with Crippen molar-refractivity contribution >= 4 is 41.5 Å². The highest BCUT2D eigenvalue weighted by Gasteiger charge is 2.24. The molecule has 0 fully saturated rings. The number of carbonyl (C=O) groups excluding carboxylic acids is 1. The monoisotopic (exact) mass is 495 g/mol. The van der Waals surface area contributed by atoms with E-state index >= 15 is 0 Å². The second kappa shape index (κ2) is 11.5. The summed E-state index contributed by atoms with van der Waals surface area (Å²) in [5.74, 6) is 1.58. The van der Waals surface area contributed by atoms with E-state index in [1.54, 1.807) is 12.4 Å². The first kappa shape index (κ1) is 21.9. The number of anilines is 1. The van der Waals surface area contributed by atoms with Crippen LogP contribution in [0.2, 0.25) is 0 Å². The highest BCUT2D eigenvalue weighted by molar-refractivity contribution is 14.0. The Morgan fingerprint density at radius 1 is 1.29 bits per heavy atom. The third-order valence-corrected chi connectivity index (χ3v) is 4.22. The normalized spacial score (nSPS) is 15.7. The Morgan fingerprint density at radius 3 is 2.93 bits per heavy atom. The van der Waals surface area contributed by atoms with Crippen LogP contribution >= 0.6 is 24.0 Å². The summed E-state index contributed by atoms with van der Waals surface area (Å²) in [5.41, 5.74) is 2.02. The molecule has 1 aromatic carbocycles. The maximum atomic E-state index is 11.9. The molecule has 28 heavy (non-hydrogen) atoms. The molecule has 0 radical (unpaired) electrons. The molecule has 3 N–H and O–H groups in total. The molecule has 2 heterocycles. The van der Waals surface area contributed by atoms with Gasteiger partial charge in [0.25, 0.3) is 0 Å². The average Bonchev–Trinajstić information content (AvgIpc) is 2.69. The van der Waals surface area contributed by atoms with Crippen molar-refractivity contribution in [3.63, 3.8) is 0 Å². The first-order valence-corrected chi connectivity index (χ1v) is 9.20. The Bertz CT molecular complexity index is 785. The number of guanidine groups is 1. The van der Waals surface area contributed by atoms with Gasteiger partial charge in [-0.1, -0.05) is 18.2 Å². The smallest absolute Gasteiger partial charge is 0.225 e. The van der Waals surface area contributed by atoms with Crippen LogP contribution in [0.3, 0.4) is 0 Å². The highest BCUT2D eigenvalue weighted by atomic mass is 127. The average molecular weight is 495 g/mol. The maximum Gasteiger partial charge on any atom is 0.225 e. The molecule has 7 nitrogen and oxygen atoms in total. The van der Waals surface area contributed by atoms with Crippen LogP contribution in [-0.4, -0.2) is 43.1 Å². The molecule has 8 heteroatoms. The minimum Gasteiger partial charge on any atom is -0.490 e. The van der Waals surface area contributed by atoms with Gasteiger partial charge in [-0.05, 0) is 30.7 Å². The van der Waals surface area contributed by atoms with Crippen LogP contribution in [0.15, 0.2) is 53.8 Å². The number of hydrogen-bond acceptors (Lipinski definition) is 4. The number of aliphatic imine (C=N–C) groups is 1. The van der Waals surface area contributed by atoms with Crippen LogP contribution in [0.4, 0.5) is 5.69 Å². The van der Waals surface area contributed by atoms with Crippen molar-refractivity contribution in [1.82, 2.24) is 15.6 Å². The molecular formula is C20H26IN5O2. The zero-order chi connectivity index (χ0) is 18.9. The van der Waals surface area contributed by atoms with E-state index in [1.165, 1.54) is 0 Å². The summed E-state index contributed by atoms with van der Waals surface area (Å²) in [4.78, 5) is 20.6. The van der Waals surface area contributed by atoms with Gasteiger partial charge in [-0.2, -0.15) is 0 Å². The fraction of sp³-hybridized carbons (Fsp3) is 0.350. The zero-order valence-corrected chi connectivity index (χ0v) is 18.2. The van der Waals surface area contributed by atoms with Gasteiger partial charge in [0.2, 0.25) is 5.91 Å². The Hall–Kier alpha value is -2.36. The lowest BCUT2D eigenvalue weighted by Gasteiger charge is -2.24. The van der Waals surface area contributed by atoms with Crippen molar-refractivity contribution in [2.45, 2.75) is 19.3 Å². The molecule has 3 rings (SSSR count). The number of amides is 1. The van der Waals surface area contributed by atoms with Crippen molar-refractivity contribution in [3.8, 4) is 5.75 Å². The summed E-state index contributed by atoms with van der Waals surface area (Å²) in [6, 6.07) is 11.6. The number of aromatic nitrogens is 1. The summed E-state index contributed by atoms with van der Waals surface area (Å²) in [5, 5.41) is 9.40. The van der Waals surface area contributed by atoms with Gasteiger partial charge in [-0.15, -0.1) is 24.0 Å². The number of nitrogens with zero attached hydrogens (tertiary/aromatic N) is 2. The fourth-order valence-corrected chi connectivity index (χ4v) is 2.98. The minimum atomic E-state index is 0. The SMILES string of the molecule is CCNC(=NCC1CC(=O)Nc2ccccc21)NCCOc1cccnc1.I. The Morgan fingerprint density at radius 2 is 2.14 bits per heavy atom. The van der Waals surface area contributed by atoms with Crippen LogP contribution in [0, 0.1) is 0 Å². The third-order valence-electron chi connectivity index (χ3n) is 4.22. The van der Waals surface area contributed by atoms with Crippen LogP contribution in [0.25, 0.3) is 0 Å². The number of pyridine rings is 1. The molecule has 1 aromatic heterocycles. The molecule has 0 bridgehead atoms. The minimum absolute atomic E-state index is 0. The maximum absolute atomic E-state index is 11.9. The van der Waals surface area contributed by atoms with E-state index in [1.807, 2.05) is 37.3 Å². The highest BCUT2D eigenvalue weighted by Crippen LogP contribution is 2.31. The number of hydrogen-bond donors (Lipinski definition) is 3. The van der Waals surface area contributed by atoms with E-state index in [9.17, 15) is 4.79 Å². The lowest BCUT2D eigenvalue weighted by Crippen LogP contribution is -2.39. The molecule has 0 saturated carbocycles. The van der Waals surface area contributed by atoms with Gasteiger partial charge in [0.15, 0.2) is 5.96 Å². The second-order valence-corrected chi connectivity index (χ2v) is 6.22. The number of nitrogens with one attached hydrogen (secondary N) is 3. The van der Waals surface area contributed by atoms with E-state index in [2.05, 4.69) is 32.0 Å². The first-order valence-electron chi connectivity index (χ1n) is 9.20. The molecule has 1 aliphatic rings. The van der Waals surface area contributed by atoms with Crippen LogP contribution in [0.1, 0.15) is 24.8 Å². The van der Waals surface area contributed by atoms with Gasteiger partial charge in [-0.25, -0.2) is 0 Å². The number of halogens is 1. The van der Waals surface area contributed by atoms with Crippen molar-refractivity contribution in [1.29, 1.82) is 0 Å². The summed E-state index contributed by atoms with van der Waals surface area (Å²) < 4.78 is 5.63. The number of carbonyl (C=O) groups is 1. The van der Waals surface area contributed by atoms with E-state index in [0.717, 1.165) is 29.5 Å². The van der Waals surface area contributed by atoms with Crippen molar-refractivity contribution in [3.05, 3.63) is 54.4 Å². The van der Waals surface area contributed by atoms with E-state index in [0.29, 0.717) is 26.1 Å². The van der Waals surface area contributed by atoms with Crippen LogP contribution in [-0.2, 0) is 4.79 Å². The van der Waals surface area contributed by atoms with Gasteiger partial charge in [0.05, 0.1) is 19.3 Å². The molecule has 1 aliphatic heterocycles. The number of rotatable bonds is 7. The van der Waals surface area contributed by atoms with Gasteiger partial charge in [0.1, 0.15) is 12.4 Å². The summed E-state index contributed by atoms with van der Waals surface area (Å²) in [6.45, 7) is 4.44. The molecule has 1 unspecified atom stereocenters. The number of fused-ring (bicyclic) bond motifs is 1. The van der Waals surface area contributed by atoms with Gasteiger partial charge < -0.3 is 20.7 Å². The quantitative estimate of drug-likeness (QED) is 0.238. The summed E-state index contributed by atoms with van der Waals surface area (Å²) in [7, 11) is 0. The number of ether oxygens (including phenoxy) is 1. The molecule has 1 amide bonds. The molecule has 0 aliphatic carbocycles. The predicted octanol–water partition coefficient (Wildman–Crippen LogP) is 2.76. The van der Waals surface area contributed by atoms with E-state index < -0.39 is 0 Å². The molecule has 0 spiro atoms. The summed E-state index contributed by atoms with van der Waals surface area (Å²) in [6.07, 6.45) is 3.85. The topological polar surface area (TPSA) is 87.6 Å². The first-order chi connectivity index (χ1) is 13.3. The van der Waals surface area contributed by atoms with Gasteiger partial charge >= 0.3 is 0 Å². The summed E-state index contributed by atoms with van der Waals surface area (Å²) >= 11 is 0. The standard InChI is InChI=1S/C20H25N5O2.HI/c1-2-22-20(23-10-11-27-16-6-5-9-21-14-16)24-13-15-12-19(26)25-18-8-4-3-7-17(15)18;/h3-9,14-15H,2,10-13H2,1H3,(H,25,26)(H2,22,23,24);1H. The van der Waals surface area contributed by atoms with Crippen molar-refractivity contribution in [2.24, 2.45) is 4.99 Å². The fourth-order valence-electron chi connectivity index (χ4n) is 2.98. The third kappa shape index (κ3) is 6.36. The van der Waals surface area contributed by atoms with E-state index in [4.69, 9.17) is 4.74 Å². The van der Waals surface area contributed by atoms with Gasteiger partial charge in [0, 0.05) is 30.8 Å². The Kier molecular flexibility index (Phi) is 8.99. The zero-order valence-electron chi connectivity index (χ0n) is 15.9. The molecule has 0 saturated heterocycles. The van der Waals surface area contributed by atoms with Crippen LogP contribution in [0.5, 0.6) is 5.75 Å². The Labute approximate surface area is 182 Å². The van der Waals surface area contributed by atoms with Crippen LogP contribution < -0.4 is 20.7 Å². The molecule has 150 valence electrons.